The summed E-state index contributed by atoms with van der Waals surface area (Å²) in [6.45, 7) is 6.20. The van der Waals surface area contributed by atoms with Crippen LogP contribution in [0.5, 0.6) is 0 Å². The minimum atomic E-state index is -0.114. The lowest BCUT2D eigenvalue weighted by atomic mass is 10.3. The van der Waals surface area contributed by atoms with Crippen LogP contribution in [0.2, 0.25) is 0 Å². The minimum Gasteiger partial charge on any atom is -0.292 e. The second kappa shape index (κ2) is 6.04. The molecule has 2 aromatic rings. The van der Waals surface area contributed by atoms with Gasteiger partial charge in [-0.2, -0.15) is 4.98 Å². The van der Waals surface area contributed by atoms with E-state index in [1.54, 1.807) is 18.0 Å². The maximum Gasteiger partial charge on any atom is 0.249 e. The van der Waals surface area contributed by atoms with Crippen LogP contribution in [0.1, 0.15) is 20.8 Å². The monoisotopic (exact) mass is 291 g/mol. The molecule has 0 atom stereocenters. The summed E-state index contributed by atoms with van der Waals surface area (Å²) in [5.41, 5.74) is 0.685. The van der Waals surface area contributed by atoms with Crippen LogP contribution in [0, 0.1) is 0 Å². The molecule has 0 aliphatic carbocycles. The van der Waals surface area contributed by atoms with Crippen LogP contribution in [-0.2, 0) is 4.79 Å². The van der Waals surface area contributed by atoms with Gasteiger partial charge in [0.15, 0.2) is 5.82 Å². The second-order valence-electron chi connectivity index (χ2n) is 5.17. The smallest absolute Gasteiger partial charge is 0.249 e. The van der Waals surface area contributed by atoms with E-state index in [1.165, 1.54) is 0 Å². The summed E-state index contributed by atoms with van der Waals surface area (Å²) in [5, 5.41) is 9.38. The van der Waals surface area contributed by atoms with E-state index < -0.39 is 0 Å². The lowest BCUT2D eigenvalue weighted by molar-refractivity contribution is -0.113. The van der Waals surface area contributed by atoms with Gasteiger partial charge in [-0.3, -0.25) is 20.2 Å². The molecule has 0 radical (unpaired) electrons. The fourth-order valence-corrected chi connectivity index (χ4v) is 2.01. The zero-order valence-corrected chi connectivity index (χ0v) is 12.5. The van der Waals surface area contributed by atoms with E-state index in [1.807, 2.05) is 18.2 Å². The second-order valence-corrected chi connectivity index (χ2v) is 6.97. The maximum absolute atomic E-state index is 11.8. The Morgan fingerprint density at radius 3 is 2.85 bits per heavy atom. The van der Waals surface area contributed by atoms with Crippen LogP contribution in [0.4, 0.5) is 5.95 Å². The summed E-state index contributed by atoms with van der Waals surface area (Å²) >= 11 is 1.57. The van der Waals surface area contributed by atoms with E-state index in [0.717, 1.165) is 0 Å². The Hall–Kier alpha value is -1.89. The molecule has 0 aliphatic rings. The van der Waals surface area contributed by atoms with Gasteiger partial charge in [0, 0.05) is 10.9 Å². The summed E-state index contributed by atoms with van der Waals surface area (Å²) in [4.78, 5) is 20.1. The molecule has 0 fully saturated rings. The van der Waals surface area contributed by atoms with Crippen LogP contribution in [0.25, 0.3) is 11.5 Å². The molecular weight excluding hydrogens is 274 g/mol. The quantitative estimate of drug-likeness (QED) is 0.903. The fraction of sp³-hybridized carbons (Fsp3) is 0.385. The molecule has 20 heavy (non-hydrogen) atoms. The SMILES string of the molecule is CC(C)(C)SCC(=O)Nc1n[nH]c(-c2ccccn2)n1. The number of aromatic nitrogens is 4. The van der Waals surface area contributed by atoms with Gasteiger partial charge in [-0.15, -0.1) is 16.9 Å². The Balaban J connectivity index is 1.95. The Bertz CT molecular complexity index is 576. The van der Waals surface area contributed by atoms with Gasteiger partial charge in [-0.1, -0.05) is 26.8 Å². The molecule has 6 nitrogen and oxygen atoms in total. The predicted molar refractivity (Wildman–Crippen MR) is 80.5 cm³/mol. The molecule has 2 N–H and O–H groups in total. The van der Waals surface area contributed by atoms with Crippen LogP contribution in [0.3, 0.4) is 0 Å². The van der Waals surface area contributed by atoms with Crippen molar-refractivity contribution in [1.82, 2.24) is 20.2 Å². The van der Waals surface area contributed by atoms with E-state index in [2.05, 4.69) is 46.3 Å². The lowest BCUT2D eigenvalue weighted by Gasteiger charge is -2.16. The van der Waals surface area contributed by atoms with Gasteiger partial charge in [0.05, 0.1) is 5.75 Å². The number of anilines is 1. The number of pyridine rings is 1. The van der Waals surface area contributed by atoms with Gasteiger partial charge >= 0.3 is 0 Å². The van der Waals surface area contributed by atoms with Gasteiger partial charge in [0.25, 0.3) is 0 Å². The molecule has 7 heteroatoms. The van der Waals surface area contributed by atoms with Gasteiger partial charge in [0.2, 0.25) is 11.9 Å². The zero-order valence-electron chi connectivity index (χ0n) is 11.7. The third-order valence-electron chi connectivity index (χ3n) is 2.28. The molecule has 2 heterocycles. The number of rotatable bonds is 4. The van der Waals surface area contributed by atoms with E-state index in [9.17, 15) is 4.79 Å². The predicted octanol–water partition coefficient (Wildman–Crippen LogP) is 2.34. The van der Waals surface area contributed by atoms with Crippen molar-refractivity contribution >= 4 is 23.6 Å². The largest absolute Gasteiger partial charge is 0.292 e. The minimum absolute atomic E-state index is 0.0511. The number of H-pyrrole nitrogens is 1. The third kappa shape index (κ3) is 4.34. The van der Waals surface area contributed by atoms with Gasteiger partial charge < -0.3 is 0 Å². The highest BCUT2D eigenvalue weighted by molar-refractivity contribution is 8.01. The van der Waals surface area contributed by atoms with Crippen molar-refractivity contribution in [2.75, 3.05) is 11.1 Å². The number of aromatic amines is 1. The van der Waals surface area contributed by atoms with E-state index in [4.69, 9.17) is 0 Å². The number of carbonyl (C=O) groups is 1. The number of carbonyl (C=O) groups excluding carboxylic acids is 1. The van der Waals surface area contributed by atoms with Crippen LogP contribution < -0.4 is 5.32 Å². The topological polar surface area (TPSA) is 83.6 Å². The Morgan fingerprint density at radius 2 is 2.20 bits per heavy atom. The summed E-state index contributed by atoms with van der Waals surface area (Å²) in [5.74, 6) is 1.06. The van der Waals surface area contributed by atoms with Gasteiger partial charge in [-0.05, 0) is 12.1 Å². The highest BCUT2D eigenvalue weighted by Gasteiger charge is 2.15. The van der Waals surface area contributed by atoms with Crippen LogP contribution in [-0.4, -0.2) is 36.6 Å². The average Bonchev–Trinajstić information content (AvgIpc) is 2.85. The normalized spacial score (nSPS) is 11.3. The van der Waals surface area contributed by atoms with E-state index >= 15 is 0 Å². The van der Waals surface area contributed by atoms with Crippen molar-refractivity contribution in [2.24, 2.45) is 0 Å². The molecule has 2 rings (SSSR count). The fourth-order valence-electron chi connectivity index (χ4n) is 1.38. The van der Waals surface area contributed by atoms with E-state index in [0.29, 0.717) is 17.3 Å². The van der Waals surface area contributed by atoms with E-state index in [-0.39, 0.29) is 16.6 Å². The molecule has 0 saturated heterocycles. The van der Waals surface area contributed by atoms with Crippen molar-refractivity contribution < 1.29 is 4.79 Å². The number of nitrogens with one attached hydrogen (secondary N) is 2. The summed E-state index contributed by atoms with van der Waals surface area (Å²) in [7, 11) is 0. The Labute approximate surface area is 121 Å². The molecule has 0 aliphatic heterocycles. The molecule has 0 spiro atoms. The van der Waals surface area contributed by atoms with Crippen LogP contribution >= 0.6 is 11.8 Å². The first-order chi connectivity index (χ1) is 9.44. The Morgan fingerprint density at radius 1 is 1.40 bits per heavy atom. The molecule has 2 aromatic heterocycles. The first kappa shape index (κ1) is 14.5. The highest BCUT2D eigenvalue weighted by atomic mass is 32.2. The maximum atomic E-state index is 11.8. The average molecular weight is 291 g/mol. The number of amides is 1. The summed E-state index contributed by atoms with van der Waals surface area (Å²) in [6, 6.07) is 5.51. The first-order valence-electron chi connectivity index (χ1n) is 6.22. The molecule has 0 saturated carbocycles. The zero-order chi connectivity index (χ0) is 14.6. The Kier molecular flexibility index (Phi) is 4.39. The number of nitrogens with zero attached hydrogens (tertiary/aromatic N) is 3. The van der Waals surface area contributed by atoms with Crippen molar-refractivity contribution in [3.05, 3.63) is 24.4 Å². The van der Waals surface area contributed by atoms with Crippen molar-refractivity contribution in [2.45, 2.75) is 25.5 Å². The molecule has 0 unspecified atom stereocenters. The number of thioether (sulfide) groups is 1. The lowest BCUT2D eigenvalue weighted by Crippen LogP contribution is -2.19. The van der Waals surface area contributed by atoms with Crippen molar-refractivity contribution in [1.29, 1.82) is 0 Å². The molecule has 0 bridgehead atoms. The van der Waals surface area contributed by atoms with Gasteiger partial charge in [0.1, 0.15) is 5.69 Å². The number of hydrogen-bond donors (Lipinski definition) is 2. The highest BCUT2D eigenvalue weighted by Crippen LogP contribution is 2.22. The number of hydrogen-bond acceptors (Lipinski definition) is 5. The summed E-state index contributed by atoms with van der Waals surface area (Å²) in [6.07, 6.45) is 1.68. The molecule has 1 amide bonds. The molecule has 0 aromatic carbocycles. The molecular formula is C13H17N5OS. The summed E-state index contributed by atoms with van der Waals surface area (Å²) < 4.78 is 0.0511. The first-order valence-corrected chi connectivity index (χ1v) is 7.20. The molecule has 106 valence electrons. The standard InChI is InChI=1S/C13H17N5OS/c1-13(2,3)20-8-10(19)15-12-16-11(17-18-12)9-6-4-5-7-14-9/h4-7H,8H2,1-3H3,(H2,15,16,17,18,19). The van der Waals surface area contributed by atoms with Crippen molar-refractivity contribution in [3.8, 4) is 11.5 Å². The third-order valence-corrected chi connectivity index (χ3v) is 3.55. The van der Waals surface area contributed by atoms with Crippen molar-refractivity contribution in [3.63, 3.8) is 0 Å². The van der Waals surface area contributed by atoms with Gasteiger partial charge in [-0.25, -0.2) is 0 Å². The van der Waals surface area contributed by atoms with Crippen LogP contribution in [0.15, 0.2) is 24.4 Å².